The van der Waals surface area contributed by atoms with Crippen LogP contribution < -0.4 is 56.5 Å². The van der Waals surface area contributed by atoms with Gasteiger partial charge in [0.1, 0.15) is 0 Å². The van der Waals surface area contributed by atoms with E-state index in [4.69, 9.17) is 0 Å². The average molecular weight is 208 g/mol. The summed E-state index contributed by atoms with van der Waals surface area (Å²) in [6, 6.07) is 0. The Morgan fingerprint density at radius 1 is 1.31 bits per heavy atom. The van der Waals surface area contributed by atoms with Crippen LogP contribution in [-0.2, 0) is 0 Å². The fraction of sp³-hybridized carbons (Fsp3) is 1.00. The molecule has 1 rings (SSSR count). The van der Waals surface area contributed by atoms with Gasteiger partial charge >= 0.3 is 51.4 Å². The standard InChI is InChI=1S/C11H21O.K/c1-8(2)10-6-5-9(3)7-11(10,4)12;/h8-10H,5-7H2,1-4H3;/q-1;+1/t9-,10+,11-;/m1./s1. The first-order chi connectivity index (χ1) is 5.43. The largest absolute Gasteiger partial charge is 1.00 e. The van der Waals surface area contributed by atoms with Crippen LogP contribution in [0.4, 0.5) is 0 Å². The van der Waals surface area contributed by atoms with Crippen molar-refractivity contribution in [3.63, 3.8) is 0 Å². The minimum Gasteiger partial charge on any atom is -0.849 e. The summed E-state index contributed by atoms with van der Waals surface area (Å²) in [6.07, 6.45) is 3.26. The summed E-state index contributed by atoms with van der Waals surface area (Å²) in [6.45, 7) is 8.45. The van der Waals surface area contributed by atoms with E-state index in [0.717, 1.165) is 12.8 Å². The SMILES string of the molecule is CC(C)[C@@H]1CC[C@@H](C)C[C@@]1(C)[O-].[K+]. The van der Waals surface area contributed by atoms with E-state index < -0.39 is 5.60 Å². The first kappa shape index (κ1) is 14.6. The molecular formula is C11H21KO. The summed E-state index contributed by atoms with van der Waals surface area (Å²) in [5.74, 6) is 1.59. The molecule has 1 nitrogen and oxygen atoms in total. The molecule has 1 fully saturated rings. The Labute approximate surface area is 125 Å². The van der Waals surface area contributed by atoms with E-state index in [0.29, 0.717) is 17.8 Å². The third kappa shape index (κ3) is 3.92. The smallest absolute Gasteiger partial charge is 0.849 e. The Hall–Kier alpha value is 1.60. The van der Waals surface area contributed by atoms with Crippen LogP contribution in [0, 0.1) is 17.8 Å². The molecule has 2 heteroatoms. The van der Waals surface area contributed by atoms with Crippen LogP contribution in [0.2, 0.25) is 0 Å². The summed E-state index contributed by atoms with van der Waals surface area (Å²) >= 11 is 0. The Morgan fingerprint density at radius 2 is 1.85 bits per heavy atom. The topological polar surface area (TPSA) is 23.1 Å². The van der Waals surface area contributed by atoms with Crippen molar-refractivity contribution in [2.75, 3.05) is 0 Å². The van der Waals surface area contributed by atoms with Crippen LogP contribution in [0.25, 0.3) is 0 Å². The van der Waals surface area contributed by atoms with Gasteiger partial charge in [-0.2, -0.15) is 0 Å². The predicted molar refractivity (Wildman–Crippen MR) is 49.7 cm³/mol. The summed E-state index contributed by atoms with van der Waals surface area (Å²) < 4.78 is 0. The van der Waals surface area contributed by atoms with Crippen molar-refractivity contribution in [1.82, 2.24) is 0 Å². The quantitative estimate of drug-likeness (QED) is 0.518. The van der Waals surface area contributed by atoms with Gasteiger partial charge in [0, 0.05) is 0 Å². The number of rotatable bonds is 1. The fourth-order valence-electron chi connectivity index (χ4n) is 2.75. The summed E-state index contributed by atoms with van der Waals surface area (Å²) in [5.41, 5.74) is -0.661. The number of hydrogen-bond acceptors (Lipinski definition) is 1. The Bertz CT molecular complexity index is 154. The Kier molecular flexibility index (Phi) is 6.31. The van der Waals surface area contributed by atoms with E-state index in [1.54, 1.807) is 0 Å². The molecule has 1 aliphatic rings. The van der Waals surface area contributed by atoms with Crippen molar-refractivity contribution < 1.29 is 56.5 Å². The molecule has 0 N–H and O–H groups in total. The van der Waals surface area contributed by atoms with Gasteiger partial charge in [0.15, 0.2) is 0 Å². The second-order valence-corrected chi connectivity index (χ2v) is 5.05. The molecule has 1 aliphatic carbocycles. The maximum Gasteiger partial charge on any atom is 1.00 e. The molecule has 0 spiro atoms. The van der Waals surface area contributed by atoms with E-state index in [1.165, 1.54) is 6.42 Å². The second-order valence-electron chi connectivity index (χ2n) is 5.05. The van der Waals surface area contributed by atoms with Crippen molar-refractivity contribution in [3.8, 4) is 0 Å². The minimum absolute atomic E-state index is 0. The van der Waals surface area contributed by atoms with Gasteiger partial charge in [0.05, 0.1) is 0 Å². The average Bonchev–Trinajstić information content (AvgIpc) is 1.82. The van der Waals surface area contributed by atoms with Gasteiger partial charge < -0.3 is 5.11 Å². The van der Waals surface area contributed by atoms with Gasteiger partial charge in [-0.3, -0.25) is 0 Å². The molecule has 0 saturated heterocycles. The molecule has 0 heterocycles. The molecule has 0 radical (unpaired) electrons. The zero-order valence-electron chi connectivity index (χ0n) is 9.76. The van der Waals surface area contributed by atoms with Gasteiger partial charge in [-0.25, -0.2) is 0 Å². The first-order valence-corrected chi connectivity index (χ1v) is 5.14. The van der Waals surface area contributed by atoms with Crippen molar-refractivity contribution in [2.24, 2.45) is 17.8 Å². The van der Waals surface area contributed by atoms with E-state index in [2.05, 4.69) is 20.8 Å². The van der Waals surface area contributed by atoms with Crippen LogP contribution in [-0.4, -0.2) is 5.60 Å². The van der Waals surface area contributed by atoms with E-state index in [-0.39, 0.29) is 51.4 Å². The number of hydrogen-bond donors (Lipinski definition) is 0. The molecule has 72 valence electrons. The zero-order chi connectivity index (χ0) is 9.35. The summed E-state index contributed by atoms with van der Waals surface area (Å²) in [5, 5.41) is 12.1. The first-order valence-electron chi connectivity index (χ1n) is 5.14. The van der Waals surface area contributed by atoms with Crippen LogP contribution in [0.3, 0.4) is 0 Å². The van der Waals surface area contributed by atoms with Crippen molar-refractivity contribution in [2.45, 2.75) is 52.6 Å². The second kappa shape index (κ2) is 5.62. The molecule has 13 heavy (non-hydrogen) atoms. The third-order valence-electron chi connectivity index (χ3n) is 3.31. The monoisotopic (exact) mass is 208 g/mol. The summed E-state index contributed by atoms with van der Waals surface area (Å²) in [4.78, 5) is 0. The van der Waals surface area contributed by atoms with Crippen LogP contribution in [0.5, 0.6) is 0 Å². The molecule has 0 aromatic rings. The summed E-state index contributed by atoms with van der Waals surface area (Å²) in [7, 11) is 0. The van der Waals surface area contributed by atoms with Crippen LogP contribution in [0.1, 0.15) is 47.0 Å². The van der Waals surface area contributed by atoms with Crippen LogP contribution >= 0.6 is 0 Å². The van der Waals surface area contributed by atoms with Crippen molar-refractivity contribution >= 4 is 0 Å². The molecular weight excluding hydrogens is 187 g/mol. The molecule has 0 unspecified atom stereocenters. The normalized spacial score (nSPS) is 40.2. The molecule has 0 aromatic carbocycles. The van der Waals surface area contributed by atoms with Crippen LogP contribution in [0.15, 0.2) is 0 Å². The van der Waals surface area contributed by atoms with Crippen molar-refractivity contribution in [3.05, 3.63) is 0 Å². The predicted octanol–water partition coefficient (Wildman–Crippen LogP) is -0.798. The van der Waals surface area contributed by atoms with Gasteiger partial charge in [-0.1, -0.05) is 47.0 Å². The van der Waals surface area contributed by atoms with E-state index >= 15 is 0 Å². The molecule has 0 amide bonds. The Morgan fingerprint density at radius 3 is 2.23 bits per heavy atom. The van der Waals surface area contributed by atoms with Gasteiger partial charge in [0.25, 0.3) is 0 Å². The van der Waals surface area contributed by atoms with E-state index in [9.17, 15) is 5.11 Å². The van der Waals surface area contributed by atoms with Gasteiger partial charge in [-0.15, -0.1) is 5.60 Å². The molecule has 1 saturated carbocycles. The third-order valence-corrected chi connectivity index (χ3v) is 3.31. The zero-order valence-corrected chi connectivity index (χ0v) is 12.9. The Balaban J connectivity index is 0.00000144. The molecule has 0 aromatic heterocycles. The molecule has 0 aliphatic heterocycles. The minimum atomic E-state index is -0.661. The van der Waals surface area contributed by atoms with Gasteiger partial charge in [-0.05, 0) is 17.8 Å². The van der Waals surface area contributed by atoms with Gasteiger partial charge in [0.2, 0.25) is 0 Å². The maximum atomic E-state index is 12.1. The molecule has 0 bridgehead atoms. The van der Waals surface area contributed by atoms with E-state index in [1.807, 2.05) is 6.92 Å². The molecule has 3 atom stereocenters. The fourth-order valence-corrected chi connectivity index (χ4v) is 2.75. The maximum absolute atomic E-state index is 12.1. The van der Waals surface area contributed by atoms with Crippen molar-refractivity contribution in [1.29, 1.82) is 0 Å².